The number of halogens is 2. The predicted octanol–water partition coefficient (Wildman–Crippen LogP) is 1.75. The van der Waals surface area contributed by atoms with Gasteiger partial charge in [-0.15, -0.1) is 0 Å². The van der Waals surface area contributed by atoms with Gasteiger partial charge in [0.05, 0.1) is 28.9 Å². The lowest BCUT2D eigenvalue weighted by atomic mass is 10.1. The van der Waals surface area contributed by atoms with Crippen molar-refractivity contribution in [2.75, 3.05) is 24.6 Å². The second kappa shape index (κ2) is 5.55. The van der Waals surface area contributed by atoms with Crippen LogP contribution in [0.25, 0.3) is 0 Å². The molecular formula is C12H10BrFN2O3. The van der Waals surface area contributed by atoms with E-state index in [1.807, 2.05) is 6.07 Å². The summed E-state index contributed by atoms with van der Waals surface area (Å²) in [5.41, 5.74) is 0.463. The Labute approximate surface area is 117 Å². The van der Waals surface area contributed by atoms with Gasteiger partial charge >= 0.3 is 5.97 Å². The maximum Gasteiger partial charge on any atom is 0.334 e. The fraction of sp³-hybridized carbons (Fsp3) is 0.333. The summed E-state index contributed by atoms with van der Waals surface area (Å²) in [6.45, 7) is 0.692. The molecule has 0 aromatic heterocycles. The minimum absolute atomic E-state index is 0.0740. The Kier molecular flexibility index (Phi) is 4.02. The highest BCUT2D eigenvalue weighted by Gasteiger charge is 2.28. The number of rotatable bonds is 2. The molecule has 0 aliphatic carbocycles. The topological polar surface area (TPSA) is 73.6 Å². The van der Waals surface area contributed by atoms with E-state index in [2.05, 4.69) is 15.9 Å². The number of aliphatic carboxylic acids is 1. The van der Waals surface area contributed by atoms with E-state index in [-0.39, 0.29) is 28.9 Å². The summed E-state index contributed by atoms with van der Waals surface area (Å²) < 4.78 is 19.3. The molecule has 2 rings (SSSR count). The Hall–Kier alpha value is -1.65. The van der Waals surface area contributed by atoms with Gasteiger partial charge in [0.2, 0.25) is 0 Å². The Bertz CT molecular complexity index is 559. The first-order valence-electron chi connectivity index (χ1n) is 5.52. The van der Waals surface area contributed by atoms with Crippen molar-refractivity contribution in [2.45, 2.75) is 6.10 Å². The number of carboxylic acid groups (broad SMARTS) is 1. The van der Waals surface area contributed by atoms with E-state index in [9.17, 15) is 9.18 Å². The summed E-state index contributed by atoms with van der Waals surface area (Å²) in [7, 11) is 0. The van der Waals surface area contributed by atoms with Crippen LogP contribution in [0.2, 0.25) is 0 Å². The maximum atomic E-state index is 14.1. The standard InChI is InChI=1S/C12H10BrFN2O3/c13-10-7(5-15)1-2-8(11(10)14)16-3-4-19-9(6-16)12(17)18/h1-2,9H,3-4,6H2,(H,17,18). The van der Waals surface area contributed by atoms with E-state index in [0.29, 0.717) is 6.54 Å². The number of morpholine rings is 1. The molecule has 0 spiro atoms. The van der Waals surface area contributed by atoms with Crippen LogP contribution in [0, 0.1) is 17.1 Å². The fourth-order valence-corrected chi connectivity index (χ4v) is 2.31. The monoisotopic (exact) mass is 328 g/mol. The molecule has 1 fully saturated rings. The van der Waals surface area contributed by atoms with Crippen molar-refractivity contribution in [3.05, 3.63) is 28.0 Å². The fourth-order valence-electron chi connectivity index (χ4n) is 1.89. The van der Waals surface area contributed by atoms with Crippen molar-refractivity contribution < 1.29 is 19.0 Å². The molecule has 0 amide bonds. The van der Waals surface area contributed by atoms with Gasteiger partial charge in [-0.25, -0.2) is 9.18 Å². The van der Waals surface area contributed by atoms with Crippen molar-refractivity contribution >= 4 is 27.6 Å². The average Bonchev–Trinajstić information content (AvgIpc) is 2.42. The first kappa shape index (κ1) is 13.8. The maximum absolute atomic E-state index is 14.1. The molecule has 100 valence electrons. The lowest BCUT2D eigenvalue weighted by Gasteiger charge is -2.33. The lowest BCUT2D eigenvalue weighted by molar-refractivity contribution is -0.150. The number of ether oxygens (including phenoxy) is 1. The molecule has 1 heterocycles. The van der Waals surface area contributed by atoms with Gasteiger partial charge in [-0.05, 0) is 28.1 Å². The summed E-state index contributed by atoms with van der Waals surface area (Å²) in [5.74, 6) is -1.64. The lowest BCUT2D eigenvalue weighted by Crippen LogP contribution is -2.46. The zero-order chi connectivity index (χ0) is 14.0. The zero-order valence-electron chi connectivity index (χ0n) is 9.77. The van der Waals surface area contributed by atoms with Gasteiger partial charge in [0.15, 0.2) is 11.9 Å². The van der Waals surface area contributed by atoms with E-state index < -0.39 is 17.9 Å². The Morgan fingerprint density at radius 3 is 3.00 bits per heavy atom. The molecule has 7 heteroatoms. The van der Waals surface area contributed by atoms with E-state index in [0.717, 1.165) is 0 Å². The van der Waals surface area contributed by atoms with Crippen molar-refractivity contribution in [1.29, 1.82) is 5.26 Å². The molecule has 1 unspecified atom stereocenters. The molecule has 1 N–H and O–H groups in total. The highest BCUT2D eigenvalue weighted by molar-refractivity contribution is 9.10. The quantitative estimate of drug-likeness (QED) is 0.895. The minimum Gasteiger partial charge on any atom is -0.479 e. The first-order chi connectivity index (χ1) is 9.04. The molecule has 19 heavy (non-hydrogen) atoms. The number of benzene rings is 1. The Morgan fingerprint density at radius 2 is 2.37 bits per heavy atom. The zero-order valence-corrected chi connectivity index (χ0v) is 11.4. The largest absolute Gasteiger partial charge is 0.479 e. The third kappa shape index (κ3) is 2.69. The van der Waals surface area contributed by atoms with Gasteiger partial charge in [-0.2, -0.15) is 5.26 Å². The molecule has 0 saturated carbocycles. The van der Waals surface area contributed by atoms with E-state index in [4.69, 9.17) is 15.1 Å². The van der Waals surface area contributed by atoms with Crippen molar-refractivity contribution in [2.24, 2.45) is 0 Å². The van der Waals surface area contributed by atoms with E-state index in [1.54, 1.807) is 4.90 Å². The highest BCUT2D eigenvalue weighted by atomic mass is 79.9. The summed E-state index contributed by atoms with van der Waals surface area (Å²) in [5, 5.41) is 17.7. The molecule has 1 aromatic carbocycles. The number of nitrogens with zero attached hydrogens (tertiary/aromatic N) is 2. The van der Waals surface area contributed by atoms with E-state index in [1.165, 1.54) is 12.1 Å². The van der Waals surface area contributed by atoms with Gasteiger partial charge in [0.1, 0.15) is 6.07 Å². The number of carboxylic acids is 1. The van der Waals surface area contributed by atoms with Crippen molar-refractivity contribution in [3.63, 3.8) is 0 Å². The molecule has 1 aliphatic rings. The highest BCUT2D eigenvalue weighted by Crippen LogP contribution is 2.30. The third-order valence-corrected chi connectivity index (χ3v) is 3.64. The number of anilines is 1. The van der Waals surface area contributed by atoms with Crippen LogP contribution in [0.4, 0.5) is 10.1 Å². The van der Waals surface area contributed by atoms with Crippen LogP contribution in [0.3, 0.4) is 0 Å². The number of carbonyl (C=O) groups is 1. The van der Waals surface area contributed by atoms with Crippen LogP contribution in [-0.2, 0) is 9.53 Å². The van der Waals surface area contributed by atoms with Crippen LogP contribution in [-0.4, -0.2) is 36.9 Å². The van der Waals surface area contributed by atoms with Crippen LogP contribution >= 0.6 is 15.9 Å². The second-order valence-electron chi connectivity index (χ2n) is 4.02. The molecule has 0 bridgehead atoms. The van der Waals surface area contributed by atoms with Gasteiger partial charge in [0, 0.05) is 6.54 Å². The molecule has 5 nitrogen and oxygen atoms in total. The van der Waals surface area contributed by atoms with Crippen molar-refractivity contribution in [1.82, 2.24) is 0 Å². The van der Waals surface area contributed by atoms with Gasteiger partial charge in [-0.1, -0.05) is 0 Å². The van der Waals surface area contributed by atoms with E-state index >= 15 is 0 Å². The van der Waals surface area contributed by atoms with Crippen LogP contribution in [0.1, 0.15) is 5.56 Å². The molecule has 1 aromatic rings. The van der Waals surface area contributed by atoms with Crippen LogP contribution < -0.4 is 4.90 Å². The van der Waals surface area contributed by atoms with Crippen LogP contribution in [0.15, 0.2) is 16.6 Å². The Morgan fingerprint density at radius 1 is 1.63 bits per heavy atom. The normalized spacial score (nSPS) is 19.0. The smallest absolute Gasteiger partial charge is 0.334 e. The van der Waals surface area contributed by atoms with Crippen LogP contribution in [0.5, 0.6) is 0 Å². The van der Waals surface area contributed by atoms with Crippen molar-refractivity contribution in [3.8, 4) is 6.07 Å². The third-order valence-electron chi connectivity index (χ3n) is 2.86. The Balaban J connectivity index is 2.30. The minimum atomic E-state index is -1.07. The molecule has 1 aliphatic heterocycles. The molecule has 1 atom stereocenters. The van der Waals surface area contributed by atoms with Gasteiger partial charge in [-0.3, -0.25) is 0 Å². The second-order valence-corrected chi connectivity index (χ2v) is 4.81. The average molecular weight is 329 g/mol. The summed E-state index contributed by atoms with van der Waals surface area (Å²) in [6, 6.07) is 4.84. The molecular weight excluding hydrogens is 319 g/mol. The summed E-state index contributed by atoms with van der Waals surface area (Å²) in [6.07, 6.45) is -0.970. The first-order valence-corrected chi connectivity index (χ1v) is 6.31. The number of hydrogen-bond acceptors (Lipinski definition) is 4. The molecule has 1 saturated heterocycles. The molecule has 0 radical (unpaired) electrons. The predicted molar refractivity (Wildman–Crippen MR) is 68.4 cm³/mol. The summed E-state index contributed by atoms with van der Waals surface area (Å²) >= 11 is 3.03. The number of nitriles is 1. The number of hydrogen-bond donors (Lipinski definition) is 1. The van der Waals surface area contributed by atoms with Gasteiger partial charge in [0.25, 0.3) is 0 Å². The summed E-state index contributed by atoms with van der Waals surface area (Å²) in [4.78, 5) is 12.5. The van der Waals surface area contributed by atoms with Gasteiger partial charge < -0.3 is 14.7 Å². The SMILES string of the molecule is N#Cc1ccc(N2CCOC(C(=O)O)C2)c(F)c1Br.